The predicted octanol–water partition coefficient (Wildman–Crippen LogP) is 4.24. The van der Waals surface area contributed by atoms with Gasteiger partial charge in [-0.25, -0.2) is 8.42 Å². The zero-order chi connectivity index (χ0) is 21.7. The summed E-state index contributed by atoms with van der Waals surface area (Å²) in [6.07, 6.45) is 0.185. The van der Waals surface area contributed by atoms with Gasteiger partial charge in [-0.3, -0.25) is 9.59 Å². The molecule has 3 aromatic rings. The first-order chi connectivity index (χ1) is 14.2. The van der Waals surface area contributed by atoms with Crippen molar-refractivity contribution in [2.75, 3.05) is 5.32 Å². The van der Waals surface area contributed by atoms with E-state index in [1.807, 2.05) is 30.3 Å². The molecule has 2 aromatic carbocycles. The number of carbonyl (C=O) groups excluding carboxylic acids is 2. The van der Waals surface area contributed by atoms with E-state index in [0.717, 1.165) is 16.9 Å². The van der Waals surface area contributed by atoms with Crippen LogP contribution >= 0.6 is 27.3 Å². The van der Waals surface area contributed by atoms with E-state index in [2.05, 4.69) is 26.0 Å². The van der Waals surface area contributed by atoms with Crippen molar-refractivity contribution in [2.24, 2.45) is 0 Å². The monoisotopic (exact) mass is 506 g/mol. The third kappa shape index (κ3) is 5.85. The van der Waals surface area contributed by atoms with E-state index >= 15 is 0 Å². The molecule has 0 saturated carbocycles. The molecule has 0 fully saturated rings. The highest BCUT2D eigenvalue weighted by atomic mass is 79.9. The summed E-state index contributed by atoms with van der Waals surface area (Å²) in [7, 11) is -3.88. The maximum absolute atomic E-state index is 12.9. The molecule has 0 aliphatic heterocycles. The van der Waals surface area contributed by atoms with Gasteiger partial charge < -0.3 is 5.32 Å². The molecule has 0 radical (unpaired) electrons. The number of benzene rings is 2. The first-order valence-electron chi connectivity index (χ1n) is 8.98. The van der Waals surface area contributed by atoms with Crippen molar-refractivity contribution in [2.45, 2.75) is 23.6 Å². The molecule has 2 N–H and O–H groups in total. The van der Waals surface area contributed by atoms with E-state index in [4.69, 9.17) is 0 Å². The molecule has 0 bridgehead atoms. The van der Waals surface area contributed by atoms with Gasteiger partial charge in [0, 0.05) is 11.3 Å². The SMILES string of the molecule is CC(=O)c1ccc(NC(=O)[C@@H](Cc2ccccc2)NS(=O)(=O)c2ccc(Br)s2)cc1. The van der Waals surface area contributed by atoms with Crippen LogP contribution in [0.25, 0.3) is 0 Å². The number of carbonyl (C=O) groups is 2. The first kappa shape index (κ1) is 22.4. The number of anilines is 1. The molecule has 1 amide bonds. The van der Waals surface area contributed by atoms with E-state index in [1.165, 1.54) is 13.0 Å². The molecule has 156 valence electrons. The molecule has 0 aliphatic rings. The topological polar surface area (TPSA) is 92.3 Å². The van der Waals surface area contributed by atoms with Crippen molar-refractivity contribution in [3.8, 4) is 0 Å². The first-order valence-corrected chi connectivity index (χ1v) is 12.1. The number of amides is 1. The highest BCUT2D eigenvalue weighted by Gasteiger charge is 2.27. The minimum absolute atomic E-state index is 0.0790. The smallest absolute Gasteiger partial charge is 0.250 e. The van der Waals surface area contributed by atoms with Crippen molar-refractivity contribution >= 4 is 54.7 Å². The Morgan fingerprint density at radius 3 is 2.23 bits per heavy atom. The molecule has 0 saturated heterocycles. The van der Waals surface area contributed by atoms with Crippen molar-refractivity contribution < 1.29 is 18.0 Å². The number of rotatable bonds is 8. The Morgan fingerprint density at radius 1 is 1.00 bits per heavy atom. The molecular weight excluding hydrogens is 488 g/mol. The van der Waals surface area contributed by atoms with Gasteiger partial charge in [0.15, 0.2) is 5.78 Å². The normalized spacial score (nSPS) is 12.3. The molecule has 6 nitrogen and oxygen atoms in total. The molecule has 1 atom stereocenters. The van der Waals surface area contributed by atoms with Crippen molar-refractivity contribution in [1.82, 2.24) is 4.72 Å². The Hall–Kier alpha value is -2.33. The van der Waals surface area contributed by atoms with Crippen LogP contribution in [0, 0.1) is 0 Å². The number of thiophene rings is 1. The maximum atomic E-state index is 12.9. The van der Waals surface area contributed by atoms with Crippen LogP contribution in [0.15, 0.2) is 74.7 Å². The Balaban J connectivity index is 1.82. The second-order valence-electron chi connectivity index (χ2n) is 6.54. The average molecular weight is 507 g/mol. The molecule has 0 aliphatic carbocycles. The molecular formula is C21H19BrN2O4S2. The fourth-order valence-corrected chi connectivity index (χ4v) is 5.96. The average Bonchev–Trinajstić information content (AvgIpc) is 3.16. The Bertz CT molecular complexity index is 1140. The molecule has 1 heterocycles. The summed E-state index contributed by atoms with van der Waals surface area (Å²) in [5.74, 6) is -0.571. The zero-order valence-corrected chi connectivity index (χ0v) is 19.2. The predicted molar refractivity (Wildman–Crippen MR) is 121 cm³/mol. The minimum atomic E-state index is -3.88. The molecule has 3 rings (SSSR count). The van der Waals surface area contributed by atoms with E-state index < -0.39 is 22.0 Å². The van der Waals surface area contributed by atoms with E-state index in [1.54, 1.807) is 30.3 Å². The Morgan fingerprint density at radius 2 is 1.67 bits per heavy atom. The third-order valence-corrected chi connectivity index (χ3v) is 7.86. The second-order valence-corrected chi connectivity index (χ2v) is 10.9. The Kier molecular flexibility index (Phi) is 7.19. The van der Waals surface area contributed by atoms with Gasteiger partial charge in [-0.2, -0.15) is 4.72 Å². The van der Waals surface area contributed by atoms with Gasteiger partial charge >= 0.3 is 0 Å². The van der Waals surface area contributed by atoms with Crippen LogP contribution in [-0.4, -0.2) is 26.2 Å². The lowest BCUT2D eigenvalue weighted by Gasteiger charge is -2.18. The maximum Gasteiger partial charge on any atom is 0.250 e. The third-order valence-electron chi connectivity index (χ3n) is 4.27. The van der Waals surface area contributed by atoms with Gasteiger partial charge in [-0.15, -0.1) is 11.3 Å². The van der Waals surface area contributed by atoms with E-state index in [9.17, 15) is 18.0 Å². The number of ketones is 1. The molecule has 1 aromatic heterocycles. The van der Waals surface area contributed by atoms with Gasteiger partial charge in [0.05, 0.1) is 3.79 Å². The summed E-state index contributed by atoms with van der Waals surface area (Å²) in [5, 5.41) is 2.72. The molecule has 9 heteroatoms. The number of sulfonamides is 1. The summed E-state index contributed by atoms with van der Waals surface area (Å²) in [4.78, 5) is 24.4. The zero-order valence-electron chi connectivity index (χ0n) is 16.0. The fourth-order valence-electron chi connectivity index (χ4n) is 2.74. The number of nitrogens with one attached hydrogen (secondary N) is 2. The fraction of sp³-hybridized carbons (Fsp3) is 0.143. The standard InChI is InChI=1S/C21H19BrN2O4S2/c1-14(25)16-7-9-17(10-8-16)23-21(26)18(13-15-5-3-2-4-6-15)24-30(27,28)20-12-11-19(22)29-20/h2-12,18,24H,13H2,1H3,(H,23,26)/t18-/m1/s1. The molecule has 0 spiro atoms. The lowest BCUT2D eigenvalue weighted by Crippen LogP contribution is -2.45. The van der Waals surface area contributed by atoms with Crippen LogP contribution in [0.5, 0.6) is 0 Å². The highest BCUT2D eigenvalue weighted by molar-refractivity contribution is 9.11. The Labute approximate surface area is 187 Å². The summed E-state index contributed by atoms with van der Waals surface area (Å²) >= 11 is 4.32. The number of hydrogen-bond acceptors (Lipinski definition) is 5. The summed E-state index contributed by atoms with van der Waals surface area (Å²) in [6.45, 7) is 1.46. The summed E-state index contributed by atoms with van der Waals surface area (Å²) < 4.78 is 28.9. The number of hydrogen-bond donors (Lipinski definition) is 2. The van der Waals surface area contributed by atoms with Crippen molar-refractivity contribution in [1.29, 1.82) is 0 Å². The van der Waals surface area contributed by atoms with Gasteiger partial charge in [-0.05, 0) is 71.2 Å². The summed E-state index contributed by atoms with van der Waals surface area (Å²) in [6, 6.07) is 17.7. The molecule has 30 heavy (non-hydrogen) atoms. The second kappa shape index (κ2) is 9.65. The van der Waals surface area contributed by atoms with Crippen LogP contribution in [0.2, 0.25) is 0 Å². The van der Waals surface area contributed by atoms with E-state index in [-0.39, 0.29) is 16.4 Å². The quantitative estimate of drug-likeness (QED) is 0.446. The van der Waals surface area contributed by atoms with Gasteiger partial charge in [0.25, 0.3) is 10.0 Å². The van der Waals surface area contributed by atoms with Crippen molar-refractivity contribution in [3.05, 3.63) is 81.6 Å². The summed E-state index contributed by atoms with van der Waals surface area (Å²) in [5.41, 5.74) is 1.82. The van der Waals surface area contributed by atoms with Crippen LogP contribution in [0.4, 0.5) is 5.69 Å². The molecule has 0 unspecified atom stereocenters. The van der Waals surface area contributed by atoms with E-state index in [0.29, 0.717) is 15.0 Å². The minimum Gasteiger partial charge on any atom is -0.325 e. The van der Waals surface area contributed by atoms with Gasteiger partial charge in [0.1, 0.15) is 10.3 Å². The number of halogens is 1. The largest absolute Gasteiger partial charge is 0.325 e. The lowest BCUT2D eigenvalue weighted by molar-refractivity contribution is -0.117. The van der Waals surface area contributed by atoms with Gasteiger partial charge in [0.2, 0.25) is 5.91 Å². The van der Waals surface area contributed by atoms with Crippen molar-refractivity contribution in [3.63, 3.8) is 0 Å². The van der Waals surface area contributed by atoms with Gasteiger partial charge in [-0.1, -0.05) is 30.3 Å². The van der Waals surface area contributed by atoms with Crippen LogP contribution in [-0.2, 0) is 21.2 Å². The van der Waals surface area contributed by atoms with Crippen LogP contribution in [0.3, 0.4) is 0 Å². The number of Topliss-reactive ketones (excluding diaryl/α,β-unsaturated/α-hetero) is 1. The van der Waals surface area contributed by atoms with Crippen LogP contribution < -0.4 is 10.0 Å². The van der Waals surface area contributed by atoms with Crippen LogP contribution in [0.1, 0.15) is 22.8 Å². The lowest BCUT2D eigenvalue weighted by atomic mass is 10.1. The highest BCUT2D eigenvalue weighted by Crippen LogP contribution is 2.26.